The van der Waals surface area contributed by atoms with Crippen LogP contribution in [0, 0.1) is 52.1 Å². The Morgan fingerprint density at radius 1 is 0.783 bits per heavy atom. The van der Waals surface area contributed by atoms with Crippen LogP contribution in [0.3, 0.4) is 0 Å². The molecule has 0 amide bonds. The standard InChI is InChI=1S/C35H44F4O5Si2/c1-8-46(9-2,10-3)20-17-25-33(23-41-24(4)40)44-32(18-19-45(5,6)7)35(43-22-27-30(38)15-12-16-31(27)39)34(25)42-21-26-28(36)13-11-14-29(26)37/h11-16,25,32-35H,8-10,21-23H2,1-7H3/t25-,32-,33-,34+,35+/m1/s1. The van der Waals surface area contributed by atoms with Crippen molar-refractivity contribution in [3.8, 4) is 22.9 Å². The zero-order chi connectivity index (χ0) is 34.1. The molecular formula is C35H44F4O5Si2. The Bertz CT molecular complexity index is 1420. The average Bonchev–Trinajstić information content (AvgIpc) is 3.00. The van der Waals surface area contributed by atoms with Gasteiger partial charge in [0.1, 0.15) is 70.4 Å². The van der Waals surface area contributed by atoms with Gasteiger partial charge in [-0.3, -0.25) is 4.79 Å². The molecule has 0 spiro atoms. The lowest BCUT2D eigenvalue weighted by Gasteiger charge is -2.43. The van der Waals surface area contributed by atoms with Gasteiger partial charge >= 0.3 is 5.97 Å². The summed E-state index contributed by atoms with van der Waals surface area (Å²) in [4.78, 5) is 11.9. The molecule has 250 valence electrons. The van der Waals surface area contributed by atoms with Crippen LogP contribution in [0.4, 0.5) is 17.6 Å². The van der Waals surface area contributed by atoms with E-state index in [-0.39, 0.29) is 17.7 Å². The van der Waals surface area contributed by atoms with Crippen LogP contribution in [-0.4, -0.2) is 53.1 Å². The Balaban J connectivity index is 2.20. The van der Waals surface area contributed by atoms with Gasteiger partial charge in [-0.05, 0) is 42.4 Å². The summed E-state index contributed by atoms with van der Waals surface area (Å²) in [6.45, 7) is 12.6. The molecule has 46 heavy (non-hydrogen) atoms. The van der Waals surface area contributed by atoms with E-state index in [1.165, 1.54) is 19.1 Å². The molecule has 1 fully saturated rings. The molecule has 0 aromatic heterocycles. The summed E-state index contributed by atoms with van der Waals surface area (Å²) in [7, 11) is -4.02. The Morgan fingerprint density at radius 2 is 1.26 bits per heavy atom. The maximum absolute atomic E-state index is 14.8. The van der Waals surface area contributed by atoms with Crippen molar-refractivity contribution in [2.45, 2.75) is 103 Å². The third-order valence-corrected chi connectivity index (χ3v) is 13.9. The molecule has 0 radical (unpaired) electrons. The SMILES string of the molecule is CC[Si](C#C[C@H]1[C@H](OCc2c(F)cccc2F)[C@@H](OCc2c(F)cccc2F)[C@@H](C#C[Si](C)(C)C)O[C@@H]1COC(C)=O)(CC)CC. The summed E-state index contributed by atoms with van der Waals surface area (Å²) in [6, 6.07) is 9.74. The number of carbonyl (C=O) groups is 1. The maximum atomic E-state index is 14.8. The Kier molecular flexibility index (Phi) is 13.7. The van der Waals surface area contributed by atoms with Crippen molar-refractivity contribution in [2.24, 2.45) is 5.92 Å². The van der Waals surface area contributed by atoms with E-state index in [1.807, 2.05) is 19.6 Å². The Hall–Kier alpha value is -2.94. The van der Waals surface area contributed by atoms with Crippen LogP contribution in [0.2, 0.25) is 37.8 Å². The van der Waals surface area contributed by atoms with Crippen molar-refractivity contribution < 1.29 is 41.3 Å². The quantitative estimate of drug-likeness (QED) is 0.106. The molecule has 0 bridgehead atoms. The highest BCUT2D eigenvalue weighted by Gasteiger charge is 2.47. The fraction of sp³-hybridized carbons (Fsp3) is 0.514. The molecule has 11 heteroatoms. The largest absolute Gasteiger partial charge is 0.463 e. The fourth-order valence-corrected chi connectivity index (χ4v) is 8.27. The number of esters is 1. The second-order valence-corrected chi connectivity index (χ2v) is 22.2. The van der Waals surface area contributed by atoms with E-state index in [2.05, 4.69) is 43.7 Å². The van der Waals surface area contributed by atoms with Gasteiger partial charge in [0.25, 0.3) is 0 Å². The summed E-state index contributed by atoms with van der Waals surface area (Å²) in [5, 5.41) is 0. The van der Waals surface area contributed by atoms with E-state index in [4.69, 9.17) is 18.9 Å². The molecule has 2 aromatic carbocycles. The lowest BCUT2D eigenvalue weighted by molar-refractivity contribution is -0.218. The molecule has 5 nitrogen and oxygen atoms in total. The number of hydrogen-bond acceptors (Lipinski definition) is 5. The summed E-state index contributed by atoms with van der Waals surface area (Å²) in [6.07, 6.45) is -3.95. The number of benzene rings is 2. The van der Waals surface area contributed by atoms with Crippen LogP contribution in [-0.2, 0) is 37.0 Å². The zero-order valence-electron chi connectivity index (χ0n) is 27.6. The molecule has 1 aliphatic heterocycles. The van der Waals surface area contributed by atoms with Gasteiger partial charge in [0.15, 0.2) is 0 Å². The fourth-order valence-electron chi connectivity index (χ4n) is 5.19. The molecule has 1 aliphatic rings. The van der Waals surface area contributed by atoms with Crippen LogP contribution in [0.1, 0.15) is 38.8 Å². The second kappa shape index (κ2) is 16.8. The van der Waals surface area contributed by atoms with Crippen molar-refractivity contribution in [2.75, 3.05) is 6.61 Å². The van der Waals surface area contributed by atoms with Gasteiger partial charge in [0, 0.05) is 18.1 Å². The van der Waals surface area contributed by atoms with E-state index in [0.717, 1.165) is 42.4 Å². The number of hydrogen-bond donors (Lipinski definition) is 0. The van der Waals surface area contributed by atoms with Crippen LogP contribution in [0.25, 0.3) is 0 Å². The predicted molar refractivity (Wildman–Crippen MR) is 175 cm³/mol. The molecule has 0 saturated carbocycles. The summed E-state index contributed by atoms with van der Waals surface area (Å²) < 4.78 is 83.3. The van der Waals surface area contributed by atoms with E-state index in [1.54, 1.807) is 0 Å². The smallest absolute Gasteiger partial charge is 0.302 e. The van der Waals surface area contributed by atoms with Crippen molar-refractivity contribution in [1.29, 1.82) is 0 Å². The molecule has 1 saturated heterocycles. The molecule has 0 aliphatic carbocycles. The van der Waals surface area contributed by atoms with E-state index < -0.39 is 88.9 Å². The molecule has 0 unspecified atom stereocenters. The second-order valence-electron chi connectivity index (χ2n) is 12.5. The number of ether oxygens (including phenoxy) is 4. The summed E-state index contributed by atoms with van der Waals surface area (Å²) in [5.74, 6) is 2.01. The van der Waals surface area contributed by atoms with Crippen molar-refractivity contribution in [1.82, 2.24) is 0 Å². The van der Waals surface area contributed by atoms with Gasteiger partial charge in [0.05, 0.1) is 19.1 Å². The van der Waals surface area contributed by atoms with Gasteiger partial charge in [0.2, 0.25) is 0 Å². The third-order valence-electron chi connectivity index (χ3n) is 8.24. The van der Waals surface area contributed by atoms with E-state index >= 15 is 0 Å². The Morgan fingerprint density at radius 3 is 1.70 bits per heavy atom. The van der Waals surface area contributed by atoms with Crippen molar-refractivity contribution >= 4 is 22.1 Å². The van der Waals surface area contributed by atoms with E-state index in [9.17, 15) is 22.4 Å². The van der Waals surface area contributed by atoms with Gasteiger partial charge in [-0.2, -0.15) is 0 Å². The van der Waals surface area contributed by atoms with Gasteiger partial charge in [-0.25, -0.2) is 17.6 Å². The minimum absolute atomic E-state index is 0.179. The number of halogens is 4. The van der Waals surface area contributed by atoms with Crippen molar-refractivity contribution in [3.05, 3.63) is 70.8 Å². The normalized spacial score (nSPS) is 21.5. The first kappa shape index (κ1) is 37.5. The first-order valence-corrected chi connectivity index (χ1v) is 21.8. The summed E-state index contributed by atoms with van der Waals surface area (Å²) >= 11 is 0. The van der Waals surface area contributed by atoms with Crippen LogP contribution in [0.15, 0.2) is 36.4 Å². The predicted octanol–water partition coefficient (Wildman–Crippen LogP) is 7.59. The molecule has 3 rings (SSSR count). The molecule has 5 atom stereocenters. The van der Waals surface area contributed by atoms with Gasteiger partial charge in [-0.15, -0.1) is 17.0 Å². The molecular weight excluding hydrogens is 633 g/mol. The summed E-state index contributed by atoms with van der Waals surface area (Å²) in [5.41, 5.74) is 6.22. The van der Waals surface area contributed by atoms with Crippen LogP contribution < -0.4 is 0 Å². The topological polar surface area (TPSA) is 54.0 Å². The first-order chi connectivity index (χ1) is 21.7. The highest BCUT2D eigenvalue weighted by molar-refractivity contribution is 6.87. The monoisotopic (exact) mass is 676 g/mol. The maximum Gasteiger partial charge on any atom is 0.302 e. The van der Waals surface area contributed by atoms with Crippen molar-refractivity contribution in [3.63, 3.8) is 0 Å². The van der Waals surface area contributed by atoms with Crippen LogP contribution >= 0.6 is 0 Å². The Labute approximate surface area is 272 Å². The minimum Gasteiger partial charge on any atom is -0.463 e. The zero-order valence-corrected chi connectivity index (χ0v) is 29.6. The average molecular weight is 677 g/mol. The lowest BCUT2D eigenvalue weighted by Crippen LogP contribution is -2.57. The highest BCUT2D eigenvalue weighted by atomic mass is 28.3. The number of carbonyl (C=O) groups excluding carboxylic acids is 1. The van der Waals surface area contributed by atoms with Crippen LogP contribution in [0.5, 0.6) is 0 Å². The van der Waals surface area contributed by atoms with E-state index in [0.29, 0.717) is 0 Å². The first-order valence-electron chi connectivity index (χ1n) is 15.7. The number of rotatable bonds is 11. The molecule has 0 N–H and O–H groups in total. The third kappa shape index (κ3) is 10.0. The van der Waals surface area contributed by atoms with Gasteiger partial charge in [-0.1, -0.05) is 58.5 Å². The minimum atomic E-state index is -2.04. The highest BCUT2D eigenvalue weighted by Crippen LogP contribution is 2.33. The lowest BCUT2D eigenvalue weighted by atomic mass is 9.87. The molecule has 1 heterocycles. The molecule has 2 aromatic rings. The van der Waals surface area contributed by atoms with Gasteiger partial charge < -0.3 is 18.9 Å².